The lowest BCUT2D eigenvalue weighted by molar-refractivity contribution is 0.173. The minimum atomic E-state index is 0.326. The van der Waals surface area contributed by atoms with Gasteiger partial charge in [-0.05, 0) is 13.0 Å². The molecule has 1 aromatic carbocycles. The molecule has 0 saturated heterocycles. The number of para-hydroxylation sites is 1. The number of fused-ring (bicyclic) bond motifs is 1. The van der Waals surface area contributed by atoms with Crippen molar-refractivity contribution in [2.24, 2.45) is 0 Å². The normalized spacial score (nSPS) is 12.9. The van der Waals surface area contributed by atoms with Crippen LogP contribution in [-0.4, -0.2) is 13.3 Å². The molecule has 0 amide bonds. The lowest BCUT2D eigenvalue weighted by atomic mass is 10.2. The predicted octanol–water partition coefficient (Wildman–Crippen LogP) is 2.08. The molecule has 0 spiro atoms. The molecule has 0 fully saturated rings. The van der Waals surface area contributed by atoms with Gasteiger partial charge in [-0.1, -0.05) is 24.3 Å². The highest BCUT2D eigenvalue weighted by Crippen LogP contribution is 2.35. The molecule has 2 rings (SSSR count). The first-order valence-electron chi connectivity index (χ1n) is 5.00. The van der Waals surface area contributed by atoms with Gasteiger partial charge in [-0.15, -0.1) is 0 Å². The maximum atomic E-state index is 5.40. The van der Waals surface area contributed by atoms with Crippen LogP contribution >= 0.6 is 0 Å². The molecule has 0 bridgehead atoms. The molecule has 80 valence electrons. The lowest BCUT2D eigenvalue weighted by Crippen LogP contribution is -2.15. The van der Waals surface area contributed by atoms with Crippen LogP contribution in [0.2, 0.25) is 0 Å². The molecule has 0 aromatic heterocycles. The molecule has 1 N–H and O–H groups in total. The summed E-state index contributed by atoms with van der Waals surface area (Å²) in [5.41, 5.74) is 2.26. The minimum Gasteiger partial charge on any atom is -0.454 e. The fourth-order valence-electron chi connectivity index (χ4n) is 1.54. The Kier molecular flexibility index (Phi) is 2.92. The summed E-state index contributed by atoms with van der Waals surface area (Å²) in [7, 11) is 0. The average Bonchev–Trinajstić information content (AvgIpc) is 2.65. The van der Waals surface area contributed by atoms with Crippen molar-refractivity contribution >= 4 is 0 Å². The Labute approximate surface area is 89.7 Å². The third-order valence-corrected chi connectivity index (χ3v) is 2.22. The average molecular weight is 205 g/mol. The van der Waals surface area contributed by atoms with E-state index < -0.39 is 0 Å². The van der Waals surface area contributed by atoms with Crippen LogP contribution in [0.3, 0.4) is 0 Å². The van der Waals surface area contributed by atoms with E-state index in [0.29, 0.717) is 6.79 Å². The highest BCUT2D eigenvalue weighted by Gasteiger charge is 2.16. The number of nitrogens with one attached hydrogen (secondary N) is 1. The molecule has 1 aromatic rings. The van der Waals surface area contributed by atoms with Gasteiger partial charge in [0.25, 0.3) is 0 Å². The Morgan fingerprint density at radius 1 is 1.47 bits per heavy atom. The number of hydrogen-bond acceptors (Lipinski definition) is 3. The van der Waals surface area contributed by atoms with Crippen molar-refractivity contribution in [1.29, 1.82) is 0 Å². The zero-order valence-electron chi connectivity index (χ0n) is 8.88. The summed E-state index contributed by atoms with van der Waals surface area (Å²) < 4.78 is 10.7. The van der Waals surface area contributed by atoms with Gasteiger partial charge in [0.1, 0.15) is 0 Å². The Balaban J connectivity index is 2.02. The molecule has 1 aliphatic heterocycles. The Hall–Kier alpha value is -1.48. The summed E-state index contributed by atoms with van der Waals surface area (Å²) in [5, 5.41) is 3.30. The van der Waals surface area contributed by atoms with E-state index in [1.165, 1.54) is 0 Å². The van der Waals surface area contributed by atoms with Crippen molar-refractivity contribution in [1.82, 2.24) is 5.32 Å². The van der Waals surface area contributed by atoms with Gasteiger partial charge in [0, 0.05) is 18.7 Å². The second kappa shape index (κ2) is 4.36. The van der Waals surface area contributed by atoms with Crippen LogP contribution in [-0.2, 0) is 6.54 Å². The minimum absolute atomic E-state index is 0.326. The SMILES string of the molecule is C=C(C)CNCc1cccc2c1OCO2. The summed E-state index contributed by atoms with van der Waals surface area (Å²) >= 11 is 0. The van der Waals surface area contributed by atoms with E-state index in [0.717, 1.165) is 35.7 Å². The highest BCUT2D eigenvalue weighted by atomic mass is 16.7. The maximum absolute atomic E-state index is 5.40. The first kappa shape index (κ1) is 10.1. The summed E-state index contributed by atoms with van der Waals surface area (Å²) in [6.07, 6.45) is 0. The predicted molar refractivity (Wildman–Crippen MR) is 59.1 cm³/mol. The van der Waals surface area contributed by atoms with Gasteiger partial charge < -0.3 is 14.8 Å². The number of rotatable bonds is 4. The summed E-state index contributed by atoms with van der Waals surface area (Å²) in [4.78, 5) is 0. The molecule has 0 radical (unpaired) electrons. The first-order valence-corrected chi connectivity index (χ1v) is 5.00. The number of ether oxygens (including phenoxy) is 2. The summed E-state index contributed by atoms with van der Waals surface area (Å²) in [6, 6.07) is 5.94. The Morgan fingerprint density at radius 2 is 2.33 bits per heavy atom. The molecule has 3 nitrogen and oxygen atoms in total. The largest absolute Gasteiger partial charge is 0.454 e. The van der Waals surface area contributed by atoms with Crippen LogP contribution < -0.4 is 14.8 Å². The van der Waals surface area contributed by atoms with Gasteiger partial charge in [-0.25, -0.2) is 0 Å². The van der Waals surface area contributed by atoms with Gasteiger partial charge in [0.15, 0.2) is 11.5 Å². The van der Waals surface area contributed by atoms with E-state index in [1.54, 1.807) is 0 Å². The zero-order valence-corrected chi connectivity index (χ0v) is 8.88. The van der Waals surface area contributed by atoms with E-state index in [4.69, 9.17) is 9.47 Å². The molecule has 15 heavy (non-hydrogen) atoms. The number of hydrogen-bond donors (Lipinski definition) is 1. The van der Waals surface area contributed by atoms with E-state index in [9.17, 15) is 0 Å². The van der Waals surface area contributed by atoms with Gasteiger partial charge in [-0.3, -0.25) is 0 Å². The van der Waals surface area contributed by atoms with Gasteiger partial charge in [-0.2, -0.15) is 0 Å². The van der Waals surface area contributed by atoms with Crippen molar-refractivity contribution in [3.63, 3.8) is 0 Å². The van der Waals surface area contributed by atoms with Crippen molar-refractivity contribution in [2.45, 2.75) is 13.5 Å². The molecule has 1 aliphatic rings. The second-order valence-electron chi connectivity index (χ2n) is 3.71. The molecule has 0 saturated carbocycles. The van der Waals surface area contributed by atoms with Crippen LogP contribution in [0, 0.1) is 0 Å². The van der Waals surface area contributed by atoms with Crippen LogP contribution in [0.25, 0.3) is 0 Å². The summed E-state index contributed by atoms with van der Waals surface area (Å²) in [5.74, 6) is 1.70. The smallest absolute Gasteiger partial charge is 0.231 e. The van der Waals surface area contributed by atoms with Crippen LogP contribution in [0.1, 0.15) is 12.5 Å². The Morgan fingerprint density at radius 3 is 3.13 bits per heavy atom. The molecule has 0 atom stereocenters. The molecule has 1 heterocycles. The number of benzene rings is 1. The third-order valence-electron chi connectivity index (χ3n) is 2.22. The molecule has 0 aliphatic carbocycles. The molecular formula is C12H15NO2. The second-order valence-corrected chi connectivity index (χ2v) is 3.71. The zero-order chi connectivity index (χ0) is 10.7. The van der Waals surface area contributed by atoms with Gasteiger partial charge >= 0.3 is 0 Å². The quantitative estimate of drug-likeness (QED) is 0.763. The van der Waals surface area contributed by atoms with E-state index in [-0.39, 0.29) is 0 Å². The standard InChI is InChI=1S/C12H15NO2/c1-9(2)6-13-7-10-4-3-5-11-12(10)15-8-14-11/h3-5,13H,1,6-8H2,2H3. The molecular weight excluding hydrogens is 190 g/mol. The lowest BCUT2D eigenvalue weighted by Gasteiger charge is -2.07. The van der Waals surface area contributed by atoms with Crippen molar-refractivity contribution in [3.8, 4) is 11.5 Å². The fourth-order valence-corrected chi connectivity index (χ4v) is 1.54. The first-order chi connectivity index (χ1) is 7.27. The van der Waals surface area contributed by atoms with E-state index in [2.05, 4.69) is 11.9 Å². The topological polar surface area (TPSA) is 30.5 Å². The van der Waals surface area contributed by atoms with Crippen LogP contribution in [0.5, 0.6) is 11.5 Å². The third kappa shape index (κ3) is 2.30. The van der Waals surface area contributed by atoms with Crippen LogP contribution in [0.15, 0.2) is 30.4 Å². The summed E-state index contributed by atoms with van der Waals surface area (Å²) in [6.45, 7) is 7.77. The Bertz CT molecular complexity index is 374. The van der Waals surface area contributed by atoms with Crippen molar-refractivity contribution in [2.75, 3.05) is 13.3 Å². The molecule has 3 heteroatoms. The van der Waals surface area contributed by atoms with Gasteiger partial charge in [0.05, 0.1) is 0 Å². The van der Waals surface area contributed by atoms with Crippen LogP contribution in [0.4, 0.5) is 0 Å². The molecule has 0 unspecified atom stereocenters. The van der Waals surface area contributed by atoms with E-state index in [1.807, 2.05) is 25.1 Å². The van der Waals surface area contributed by atoms with Crippen molar-refractivity contribution in [3.05, 3.63) is 35.9 Å². The maximum Gasteiger partial charge on any atom is 0.231 e. The van der Waals surface area contributed by atoms with Crippen molar-refractivity contribution < 1.29 is 9.47 Å². The van der Waals surface area contributed by atoms with Gasteiger partial charge in [0.2, 0.25) is 6.79 Å². The highest BCUT2D eigenvalue weighted by molar-refractivity contribution is 5.48. The monoisotopic (exact) mass is 205 g/mol. The fraction of sp³-hybridized carbons (Fsp3) is 0.333. The van der Waals surface area contributed by atoms with E-state index >= 15 is 0 Å².